The van der Waals surface area contributed by atoms with Gasteiger partial charge in [0.2, 0.25) is 0 Å². The lowest BCUT2D eigenvalue weighted by atomic mass is 10.2. The van der Waals surface area contributed by atoms with Crippen LogP contribution in [0.1, 0.15) is 28.8 Å². The smallest absolute Gasteiger partial charge is 0.191 e. The van der Waals surface area contributed by atoms with Crippen molar-refractivity contribution in [3.63, 3.8) is 0 Å². The van der Waals surface area contributed by atoms with E-state index in [0.29, 0.717) is 12.6 Å². The van der Waals surface area contributed by atoms with E-state index >= 15 is 0 Å². The van der Waals surface area contributed by atoms with Crippen LogP contribution in [-0.4, -0.2) is 36.6 Å². The molecule has 134 valence electrons. The maximum absolute atomic E-state index is 4.72. The molecule has 0 amide bonds. The van der Waals surface area contributed by atoms with Gasteiger partial charge in [0, 0.05) is 42.4 Å². The van der Waals surface area contributed by atoms with Crippen LogP contribution in [-0.2, 0) is 6.54 Å². The van der Waals surface area contributed by atoms with Gasteiger partial charge in [-0.1, -0.05) is 17.7 Å². The topological polar surface area (TPSA) is 52.6 Å². The number of rotatable bonds is 5. The lowest BCUT2D eigenvalue weighted by molar-refractivity contribution is 0.649. The maximum Gasteiger partial charge on any atom is 0.191 e. The Hall–Kier alpha value is -2.08. The zero-order chi connectivity index (χ0) is 17.6. The number of guanidine groups is 1. The van der Waals surface area contributed by atoms with E-state index in [1.165, 1.54) is 16.1 Å². The molecule has 2 heterocycles. The second kappa shape index (κ2) is 8.34. The molecule has 1 atom stereocenters. The Balaban J connectivity index is 1.58. The maximum atomic E-state index is 4.72. The van der Waals surface area contributed by atoms with Gasteiger partial charge in [0.25, 0.3) is 0 Å². The van der Waals surface area contributed by atoms with Gasteiger partial charge in [0.05, 0.1) is 11.6 Å². The fraction of sp³-hybridized carbons (Fsp3) is 0.474. The number of aliphatic imine (C=N–C) groups is 1. The molecule has 0 bridgehead atoms. The minimum Gasteiger partial charge on any atom is -0.369 e. The first-order valence-corrected chi connectivity index (χ1v) is 9.73. The van der Waals surface area contributed by atoms with Gasteiger partial charge in [-0.25, -0.2) is 9.98 Å². The Bertz CT molecular complexity index is 707. The number of aryl methyl sites for hydroxylation is 2. The van der Waals surface area contributed by atoms with E-state index in [0.717, 1.165) is 37.0 Å². The Kier molecular flexibility index (Phi) is 5.91. The standard InChI is InChI=1S/C19H27N5S/c1-4-20-19(22-12-18-11-21-15(3)25-18)23-16-9-10-24(13-16)17-7-5-14(2)6-8-17/h5-8,11,16H,4,9-10,12-13H2,1-3H3,(H2,20,22,23). The first-order chi connectivity index (χ1) is 12.1. The van der Waals surface area contributed by atoms with Crippen molar-refractivity contribution in [1.29, 1.82) is 0 Å². The third-order valence-corrected chi connectivity index (χ3v) is 5.23. The highest BCUT2D eigenvalue weighted by Crippen LogP contribution is 2.20. The van der Waals surface area contributed by atoms with Gasteiger partial charge < -0.3 is 15.5 Å². The summed E-state index contributed by atoms with van der Waals surface area (Å²) in [6.45, 7) is 9.88. The number of anilines is 1. The second-order valence-electron chi connectivity index (χ2n) is 6.45. The first kappa shape index (κ1) is 17.7. The molecule has 0 radical (unpaired) electrons. The molecule has 1 unspecified atom stereocenters. The average molecular weight is 358 g/mol. The van der Waals surface area contributed by atoms with Crippen molar-refractivity contribution >= 4 is 23.0 Å². The van der Waals surface area contributed by atoms with Crippen molar-refractivity contribution in [3.05, 3.63) is 45.9 Å². The number of hydrogen-bond donors (Lipinski definition) is 2. The molecule has 1 aromatic carbocycles. The molecule has 1 aliphatic rings. The van der Waals surface area contributed by atoms with Crippen LogP contribution in [0.25, 0.3) is 0 Å². The second-order valence-corrected chi connectivity index (χ2v) is 7.77. The van der Waals surface area contributed by atoms with Crippen molar-refractivity contribution in [2.24, 2.45) is 4.99 Å². The van der Waals surface area contributed by atoms with Crippen molar-refractivity contribution in [1.82, 2.24) is 15.6 Å². The van der Waals surface area contributed by atoms with Gasteiger partial charge in [-0.3, -0.25) is 0 Å². The molecular formula is C19H27N5S. The summed E-state index contributed by atoms with van der Waals surface area (Å²) < 4.78 is 0. The molecule has 1 saturated heterocycles. The SMILES string of the molecule is CCNC(=NCc1cnc(C)s1)NC1CCN(c2ccc(C)cc2)C1. The summed E-state index contributed by atoms with van der Waals surface area (Å²) in [7, 11) is 0. The largest absolute Gasteiger partial charge is 0.369 e. The molecule has 2 N–H and O–H groups in total. The van der Waals surface area contributed by atoms with E-state index in [-0.39, 0.29) is 0 Å². The van der Waals surface area contributed by atoms with E-state index in [2.05, 4.69) is 58.6 Å². The van der Waals surface area contributed by atoms with Crippen molar-refractivity contribution in [3.8, 4) is 0 Å². The third kappa shape index (κ3) is 4.95. The first-order valence-electron chi connectivity index (χ1n) is 8.92. The van der Waals surface area contributed by atoms with Crippen molar-refractivity contribution < 1.29 is 0 Å². The van der Waals surface area contributed by atoms with Crippen LogP contribution >= 0.6 is 11.3 Å². The summed E-state index contributed by atoms with van der Waals surface area (Å²) in [6, 6.07) is 9.20. The van der Waals surface area contributed by atoms with E-state index < -0.39 is 0 Å². The molecular weight excluding hydrogens is 330 g/mol. The zero-order valence-corrected chi connectivity index (χ0v) is 16.1. The molecule has 0 spiro atoms. The fourth-order valence-corrected chi connectivity index (χ4v) is 3.74. The number of benzene rings is 1. The average Bonchev–Trinajstić information content (AvgIpc) is 3.23. The lowest BCUT2D eigenvalue weighted by Gasteiger charge is -2.20. The van der Waals surface area contributed by atoms with Crippen molar-refractivity contribution in [2.45, 2.75) is 39.8 Å². The normalized spacial score (nSPS) is 17.8. The molecule has 0 aliphatic carbocycles. The molecule has 3 rings (SSSR count). The van der Waals surface area contributed by atoms with Gasteiger partial charge in [-0.2, -0.15) is 0 Å². The molecule has 2 aromatic rings. The van der Waals surface area contributed by atoms with Crippen LogP contribution in [0.3, 0.4) is 0 Å². The van der Waals surface area contributed by atoms with Crippen LogP contribution < -0.4 is 15.5 Å². The fourth-order valence-electron chi connectivity index (χ4n) is 3.02. The summed E-state index contributed by atoms with van der Waals surface area (Å²) in [4.78, 5) is 12.6. The minimum absolute atomic E-state index is 0.419. The molecule has 5 nitrogen and oxygen atoms in total. The van der Waals surface area contributed by atoms with Gasteiger partial charge in [-0.15, -0.1) is 11.3 Å². The summed E-state index contributed by atoms with van der Waals surface area (Å²) in [5, 5.41) is 8.03. The number of hydrogen-bond acceptors (Lipinski definition) is 4. The highest BCUT2D eigenvalue weighted by atomic mass is 32.1. The predicted molar refractivity (Wildman–Crippen MR) is 107 cm³/mol. The molecule has 6 heteroatoms. The van der Waals surface area contributed by atoms with Crippen LogP contribution in [0, 0.1) is 13.8 Å². The van der Waals surface area contributed by atoms with Gasteiger partial charge in [-0.05, 0) is 39.3 Å². The number of nitrogens with one attached hydrogen (secondary N) is 2. The lowest BCUT2D eigenvalue weighted by Crippen LogP contribution is -2.44. The monoisotopic (exact) mass is 357 g/mol. The van der Waals surface area contributed by atoms with E-state index in [9.17, 15) is 0 Å². The van der Waals surface area contributed by atoms with E-state index in [4.69, 9.17) is 4.99 Å². The summed E-state index contributed by atoms with van der Waals surface area (Å²) in [5.74, 6) is 0.893. The van der Waals surface area contributed by atoms with Gasteiger partial charge in [0.1, 0.15) is 0 Å². The predicted octanol–water partition coefficient (Wildman–Crippen LogP) is 3.09. The highest BCUT2D eigenvalue weighted by molar-refractivity contribution is 7.11. The minimum atomic E-state index is 0.419. The summed E-state index contributed by atoms with van der Waals surface area (Å²) in [6.07, 6.45) is 3.04. The molecule has 1 aromatic heterocycles. The summed E-state index contributed by atoms with van der Waals surface area (Å²) in [5.41, 5.74) is 2.61. The van der Waals surface area contributed by atoms with Gasteiger partial charge >= 0.3 is 0 Å². The van der Waals surface area contributed by atoms with Crippen LogP contribution in [0.2, 0.25) is 0 Å². The highest BCUT2D eigenvalue weighted by Gasteiger charge is 2.23. The van der Waals surface area contributed by atoms with Crippen LogP contribution in [0.15, 0.2) is 35.5 Å². The van der Waals surface area contributed by atoms with Crippen LogP contribution in [0.4, 0.5) is 5.69 Å². The zero-order valence-electron chi connectivity index (χ0n) is 15.2. The summed E-state index contributed by atoms with van der Waals surface area (Å²) >= 11 is 1.71. The van der Waals surface area contributed by atoms with Gasteiger partial charge in [0.15, 0.2) is 5.96 Å². The number of nitrogens with zero attached hydrogens (tertiary/aromatic N) is 3. The van der Waals surface area contributed by atoms with Crippen LogP contribution in [0.5, 0.6) is 0 Å². The molecule has 1 aliphatic heterocycles. The Labute approximate surface area is 154 Å². The Morgan fingerprint density at radius 3 is 2.80 bits per heavy atom. The Morgan fingerprint density at radius 2 is 2.12 bits per heavy atom. The number of thiazole rings is 1. The molecule has 25 heavy (non-hydrogen) atoms. The van der Waals surface area contributed by atoms with E-state index in [1.54, 1.807) is 11.3 Å². The molecule has 1 fully saturated rings. The quantitative estimate of drug-likeness (QED) is 0.638. The van der Waals surface area contributed by atoms with E-state index in [1.807, 2.05) is 13.1 Å². The number of aromatic nitrogens is 1. The Morgan fingerprint density at radius 1 is 1.32 bits per heavy atom. The third-order valence-electron chi connectivity index (χ3n) is 4.33. The molecule has 0 saturated carbocycles. The van der Waals surface area contributed by atoms with Crippen molar-refractivity contribution in [2.75, 3.05) is 24.5 Å².